The number of rotatable bonds is 7. The summed E-state index contributed by atoms with van der Waals surface area (Å²) in [5, 5.41) is -0.332. The lowest BCUT2D eigenvalue weighted by atomic mass is 9.91. The van der Waals surface area contributed by atoms with Crippen molar-refractivity contribution >= 4 is 15.5 Å². The first-order chi connectivity index (χ1) is 13.7. The molecule has 1 saturated heterocycles. The predicted octanol–water partition coefficient (Wildman–Crippen LogP) is 5.28. The molecular formula is C25H35NO2S. The fourth-order valence-corrected chi connectivity index (χ4v) is 5.23. The normalized spacial score (nSPS) is 20.2. The first-order valence-corrected chi connectivity index (χ1v) is 12.6. The Morgan fingerprint density at radius 1 is 0.828 bits per heavy atom. The average Bonchev–Trinajstić information content (AvgIpc) is 2.67. The van der Waals surface area contributed by atoms with Gasteiger partial charge in [0.2, 0.25) is 0 Å². The maximum Gasteiger partial charge on any atom is 0.156 e. The zero-order valence-electron chi connectivity index (χ0n) is 18.3. The van der Waals surface area contributed by atoms with Crippen LogP contribution in [0.25, 0.3) is 0 Å². The van der Waals surface area contributed by atoms with Gasteiger partial charge in [-0.15, -0.1) is 0 Å². The highest BCUT2D eigenvalue weighted by Gasteiger charge is 2.21. The summed E-state index contributed by atoms with van der Waals surface area (Å²) in [7, 11) is -3.04. The average molecular weight is 414 g/mol. The largest absolute Gasteiger partial charge is 0.371 e. The third-order valence-electron chi connectivity index (χ3n) is 5.98. The van der Waals surface area contributed by atoms with Crippen molar-refractivity contribution in [2.24, 2.45) is 11.8 Å². The molecule has 2 aromatic carbocycles. The Bertz CT molecular complexity index is 875. The Kier molecular flexibility index (Phi) is 7.05. The highest BCUT2D eigenvalue weighted by Crippen LogP contribution is 2.26. The molecule has 1 heterocycles. The summed E-state index contributed by atoms with van der Waals surface area (Å²) >= 11 is 0. The van der Waals surface area contributed by atoms with E-state index in [1.165, 1.54) is 23.2 Å². The van der Waals surface area contributed by atoms with Crippen LogP contribution in [0, 0.1) is 11.8 Å². The maximum atomic E-state index is 12.1. The van der Waals surface area contributed by atoms with Gasteiger partial charge in [-0.1, -0.05) is 50.2 Å². The van der Waals surface area contributed by atoms with Gasteiger partial charge in [0.05, 0.1) is 11.0 Å². The van der Waals surface area contributed by atoms with E-state index in [1.54, 1.807) is 13.8 Å². The number of sulfone groups is 1. The molecule has 0 aromatic heterocycles. The third kappa shape index (κ3) is 6.08. The molecule has 4 heteroatoms. The third-order valence-corrected chi connectivity index (χ3v) is 8.15. The molecule has 0 saturated carbocycles. The van der Waals surface area contributed by atoms with Crippen LogP contribution in [0.3, 0.4) is 0 Å². The highest BCUT2D eigenvalue weighted by molar-refractivity contribution is 7.91. The van der Waals surface area contributed by atoms with E-state index in [0.29, 0.717) is 0 Å². The first kappa shape index (κ1) is 21.9. The highest BCUT2D eigenvalue weighted by atomic mass is 32.2. The minimum absolute atomic E-state index is 0.125. The lowest BCUT2D eigenvalue weighted by Gasteiger charge is -2.36. The van der Waals surface area contributed by atoms with Gasteiger partial charge in [0, 0.05) is 18.8 Å². The van der Waals surface area contributed by atoms with Crippen molar-refractivity contribution in [1.82, 2.24) is 0 Å². The van der Waals surface area contributed by atoms with Crippen molar-refractivity contribution in [3.05, 3.63) is 65.2 Å². The van der Waals surface area contributed by atoms with Gasteiger partial charge in [-0.2, -0.15) is 0 Å². The fourth-order valence-electron chi connectivity index (χ4n) is 4.24. The second-order valence-electron chi connectivity index (χ2n) is 9.19. The smallest absolute Gasteiger partial charge is 0.156 e. The molecule has 0 spiro atoms. The molecule has 0 radical (unpaired) electrons. The minimum atomic E-state index is -3.04. The van der Waals surface area contributed by atoms with E-state index in [4.69, 9.17) is 0 Å². The molecule has 1 fully saturated rings. The van der Waals surface area contributed by atoms with Crippen LogP contribution in [0.1, 0.15) is 50.8 Å². The molecule has 1 aliphatic rings. The number of benzene rings is 2. The molecule has 0 amide bonds. The molecule has 0 N–H and O–H groups in total. The molecular weight excluding hydrogens is 378 g/mol. The molecule has 2 aromatic rings. The topological polar surface area (TPSA) is 37.4 Å². The van der Waals surface area contributed by atoms with E-state index in [2.05, 4.69) is 55.1 Å². The Hall–Kier alpha value is -1.81. The lowest BCUT2D eigenvalue weighted by Crippen LogP contribution is -2.38. The van der Waals surface area contributed by atoms with Crippen LogP contribution in [-0.4, -0.2) is 26.8 Å². The Morgan fingerprint density at radius 3 is 1.76 bits per heavy atom. The van der Waals surface area contributed by atoms with Crippen LogP contribution in [0.15, 0.2) is 48.5 Å². The zero-order chi connectivity index (χ0) is 21.0. The lowest BCUT2D eigenvalue weighted by molar-refractivity contribution is 0.357. The summed E-state index contributed by atoms with van der Waals surface area (Å²) in [5.74, 6) is 1.65. The number of hydrogen-bond donors (Lipinski definition) is 0. The van der Waals surface area contributed by atoms with Crippen molar-refractivity contribution in [2.45, 2.75) is 58.0 Å². The molecule has 0 aliphatic carbocycles. The second-order valence-corrected chi connectivity index (χ2v) is 11.7. The van der Waals surface area contributed by atoms with Gasteiger partial charge >= 0.3 is 0 Å². The standard InChI is InChI=1S/C25H35NO2S/c1-19(2)29(27,28)18-24-9-7-22(8-10-24)5-6-23-11-13-25(14-12-23)26-16-20(3)15-21(4)17-26/h7-14,19-21H,5-6,15-18H2,1-4H3/t20-,21-/m1/s1. The van der Waals surface area contributed by atoms with Gasteiger partial charge in [0.25, 0.3) is 0 Å². The minimum Gasteiger partial charge on any atom is -0.371 e. The number of nitrogens with zero attached hydrogens (tertiary/aromatic N) is 1. The molecule has 0 unspecified atom stereocenters. The number of piperidine rings is 1. The number of aryl methyl sites for hydroxylation is 2. The van der Waals surface area contributed by atoms with E-state index in [9.17, 15) is 8.42 Å². The predicted molar refractivity (Wildman–Crippen MR) is 123 cm³/mol. The summed E-state index contributed by atoms with van der Waals surface area (Å²) < 4.78 is 24.1. The van der Waals surface area contributed by atoms with Crippen molar-refractivity contribution in [3.63, 3.8) is 0 Å². The Balaban J connectivity index is 1.55. The maximum absolute atomic E-state index is 12.1. The zero-order valence-corrected chi connectivity index (χ0v) is 19.1. The van der Waals surface area contributed by atoms with E-state index in [-0.39, 0.29) is 11.0 Å². The van der Waals surface area contributed by atoms with Crippen LogP contribution >= 0.6 is 0 Å². The number of anilines is 1. The SMILES string of the molecule is CC(C)S(=O)(=O)Cc1ccc(CCc2ccc(N3C[C@H](C)C[C@@H](C)C3)cc2)cc1. The van der Waals surface area contributed by atoms with Gasteiger partial charge in [0.15, 0.2) is 9.84 Å². The van der Waals surface area contributed by atoms with Gasteiger partial charge in [-0.05, 0) is 73.8 Å². The summed E-state index contributed by atoms with van der Waals surface area (Å²) in [6.45, 7) is 10.5. The molecule has 0 bridgehead atoms. The first-order valence-electron chi connectivity index (χ1n) is 10.9. The molecule has 2 atom stereocenters. The van der Waals surface area contributed by atoms with E-state index >= 15 is 0 Å². The van der Waals surface area contributed by atoms with Crippen molar-refractivity contribution in [1.29, 1.82) is 0 Å². The molecule has 1 aliphatic heterocycles. The van der Waals surface area contributed by atoms with Gasteiger partial charge in [-0.3, -0.25) is 0 Å². The van der Waals surface area contributed by atoms with Crippen LogP contribution in [0.5, 0.6) is 0 Å². The monoisotopic (exact) mass is 413 g/mol. The van der Waals surface area contributed by atoms with Crippen molar-refractivity contribution < 1.29 is 8.42 Å². The summed E-state index contributed by atoms with van der Waals surface area (Å²) in [4.78, 5) is 2.52. The van der Waals surface area contributed by atoms with Gasteiger partial charge in [-0.25, -0.2) is 8.42 Å². The van der Waals surface area contributed by atoms with Crippen LogP contribution in [-0.2, 0) is 28.4 Å². The molecule has 3 rings (SSSR count). The Morgan fingerprint density at radius 2 is 1.28 bits per heavy atom. The second kappa shape index (κ2) is 9.34. The summed E-state index contributed by atoms with van der Waals surface area (Å²) in [5.41, 5.74) is 4.80. The molecule has 29 heavy (non-hydrogen) atoms. The number of hydrogen-bond acceptors (Lipinski definition) is 3. The summed E-state index contributed by atoms with van der Waals surface area (Å²) in [6.07, 6.45) is 3.29. The summed E-state index contributed by atoms with van der Waals surface area (Å²) in [6, 6.07) is 17.1. The molecule has 158 valence electrons. The van der Waals surface area contributed by atoms with E-state index in [0.717, 1.165) is 43.3 Å². The van der Waals surface area contributed by atoms with E-state index < -0.39 is 9.84 Å². The van der Waals surface area contributed by atoms with Crippen LogP contribution in [0.2, 0.25) is 0 Å². The van der Waals surface area contributed by atoms with Crippen molar-refractivity contribution in [3.8, 4) is 0 Å². The van der Waals surface area contributed by atoms with Gasteiger partial charge < -0.3 is 4.90 Å². The van der Waals surface area contributed by atoms with Crippen molar-refractivity contribution in [2.75, 3.05) is 18.0 Å². The Labute approximate surface area is 177 Å². The van der Waals surface area contributed by atoms with Gasteiger partial charge in [0.1, 0.15) is 0 Å². The van der Waals surface area contributed by atoms with Crippen LogP contribution < -0.4 is 4.90 Å². The quantitative estimate of drug-likeness (QED) is 0.620. The van der Waals surface area contributed by atoms with Crippen LogP contribution in [0.4, 0.5) is 5.69 Å². The van der Waals surface area contributed by atoms with E-state index in [1.807, 2.05) is 12.1 Å². The fraction of sp³-hybridized carbons (Fsp3) is 0.520. The molecule has 3 nitrogen and oxygen atoms in total.